The number of aromatic nitrogens is 1. The van der Waals surface area contributed by atoms with E-state index < -0.39 is 5.97 Å². The predicted octanol–water partition coefficient (Wildman–Crippen LogP) is 2.22. The van der Waals surface area contributed by atoms with Crippen molar-refractivity contribution in [3.8, 4) is 0 Å². The Balaban J connectivity index is 2.05. The molecule has 1 unspecified atom stereocenters. The van der Waals surface area contributed by atoms with Gasteiger partial charge in [0.25, 0.3) is 0 Å². The van der Waals surface area contributed by atoms with Crippen molar-refractivity contribution in [1.29, 1.82) is 0 Å². The monoisotopic (exact) mass is 241 g/mol. The fourth-order valence-corrected chi connectivity index (χ4v) is 3.02. The van der Waals surface area contributed by atoms with Gasteiger partial charge in [-0.15, -0.1) is 0 Å². The van der Waals surface area contributed by atoms with Gasteiger partial charge in [-0.2, -0.15) is 11.8 Å². The first-order valence-electron chi connectivity index (χ1n) is 5.42. The van der Waals surface area contributed by atoms with Crippen LogP contribution in [-0.2, 0) is 11.2 Å². The highest BCUT2D eigenvalue weighted by atomic mass is 32.2. The Kier molecular flexibility index (Phi) is 3.53. The van der Waals surface area contributed by atoms with E-state index in [2.05, 4.69) is 4.98 Å². The molecule has 0 aliphatic carbocycles. The average molecular weight is 241 g/mol. The third-order valence-corrected chi connectivity index (χ3v) is 3.92. The number of carbonyl (C=O) groups is 1. The average Bonchev–Trinajstić information content (AvgIpc) is 2.83. The molecule has 1 aliphatic heterocycles. The normalized spacial score (nSPS) is 20.2. The number of hydrogen-bond acceptors (Lipinski definition) is 4. The van der Waals surface area contributed by atoms with Crippen LogP contribution in [0.3, 0.4) is 0 Å². The van der Waals surface area contributed by atoms with Crippen molar-refractivity contribution in [1.82, 2.24) is 4.98 Å². The molecule has 5 heteroatoms. The van der Waals surface area contributed by atoms with Crippen molar-refractivity contribution < 1.29 is 14.3 Å². The summed E-state index contributed by atoms with van der Waals surface area (Å²) in [5, 5.41) is 8.62. The van der Waals surface area contributed by atoms with Crippen LogP contribution >= 0.6 is 11.8 Å². The second-order valence-corrected chi connectivity index (χ2v) is 5.16. The molecular formula is C11H15NO3S. The Hall–Kier alpha value is -0.970. The number of thioether (sulfide) groups is 1. The highest BCUT2D eigenvalue weighted by Gasteiger charge is 2.23. The van der Waals surface area contributed by atoms with Crippen molar-refractivity contribution in [2.75, 3.05) is 11.5 Å². The number of carboxylic acids is 1. The number of aliphatic carboxylic acids is 1. The SMILES string of the molecule is Cc1nc(C2CCSC2)oc1CCC(=O)O. The summed E-state index contributed by atoms with van der Waals surface area (Å²) in [4.78, 5) is 14.9. The highest BCUT2D eigenvalue weighted by molar-refractivity contribution is 7.99. The molecule has 0 bridgehead atoms. The molecule has 0 amide bonds. The molecule has 1 saturated heterocycles. The summed E-state index contributed by atoms with van der Waals surface area (Å²) in [7, 11) is 0. The van der Waals surface area contributed by atoms with E-state index in [1.807, 2.05) is 18.7 Å². The predicted molar refractivity (Wildman–Crippen MR) is 61.9 cm³/mol. The van der Waals surface area contributed by atoms with Crippen molar-refractivity contribution in [2.45, 2.75) is 32.1 Å². The molecule has 1 aliphatic rings. The van der Waals surface area contributed by atoms with Gasteiger partial charge in [0.2, 0.25) is 0 Å². The molecule has 0 radical (unpaired) electrons. The number of aryl methyl sites for hydroxylation is 2. The maximum Gasteiger partial charge on any atom is 0.303 e. The fourth-order valence-electron chi connectivity index (χ4n) is 1.81. The first-order valence-corrected chi connectivity index (χ1v) is 6.58. The molecule has 1 fully saturated rings. The van der Waals surface area contributed by atoms with E-state index in [4.69, 9.17) is 9.52 Å². The van der Waals surface area contributed by atoms with Gasteiger partial charge >= 0.3 is 5.97 Å². The largest absolute Gasteiger partial charge is 0.481 e. The lowest BCUT2D eigenvalue weighted by atomic mass is 10.1. The van der Waals surface area contributed by atoms with Gasteiger partial charge in [0.05, 0.1) is 12.1 Å². The van der Waals surface area contributed by atoms with Crippen LogP contribution < -0.4 is 0 Å². The molecule has 16 heavy (non-hydrogen) atoms. The van der Waals surface area contributed by atoms with Gasteiger partial charge in [-0.1, -0.05) is 0 Å². The highest BCUT2D eigenvalue weighted by Crippen LogP contribution is 2.32. The zero-order valence-electron chi connectivity index (χ0n) is 9.23. The van der Waals surface area contributed by atoms with Crippen molar-refractivity contribution in [2.24, 2.45) is 0 Å². The molecule has 0 saturated carbocycles. The minimum absolute atomic E-state index is 0.106. The summed E-state index contributed by atoms with van der Waals surface area (Å²) in [6.45, 7) is 1.88. The number of nitrogens with zero attached hydrogens (tertiary/aromatic N) is 1. The molecule has 1 N–H and O–H groups in total. The van der Waals surface area contributed by atoms with Crippen LogP contribution in [-0.4, -0.2) is 27.6 Å². The molecule has 88 valence electrons. The van der Waals surface area contributed by atoms with Crippen molar-refractivity contribution >= 4 is 17.7 Å². The molecule has 1 aromatic rings. The lowest BCUT2D eigenvalue weighted by Crippen LogP contribution is -1.97. The molecule has 0 aromatic carbocycles. The molecule has 0 spiro atoms. The van der Waals surface area contributed by atoms with Gasteiger partial charge < -0.3 is 9.52 Å². The van der Waals surface area contributed by atoms with Crippen LogP contribution in [0.5, 0.6) is 0 Å². The van der Waals surface area contributed by atoms with E-state index in [1.165, 1.54) is 0 Å². The van der Waals surface area contributed by atoms with Crippen molar-refractivity contribution in [3.63, 3.8) is 0 Å². The lowest BCUT2D eigenvalue weighted by molar-refractivity contribution is -0.137. The lowest BCUT2D eigenvalue weighted by Gasteiger charge is -2.00. The number of carboxylic acid groups (broad SMARTS) is 1. The Labute approximate surface area is 98.4 Å². The maximum absolute atomic E-state index is 10.5. The third-order valence-electron chi connectivity index (χ3n) is 2.75. The minimum atomic E-state index is -0.797. The summed E-state index contributed by atoms with van der Waals surface area (Å²) < 4.78 is 5.66. The van der Waals surface area contributed by atoms with Gasteiger partial charge in [0.15, 0.2) is 5.89 Å². The van der Waals surface area contributed by atoms with E-state index in [0.29, 0.717) is 12.3 Å². The zero-order chi connectivity index (χ0) is 11.5. The molecular weight excluding hydrogens is 226 g/mol. The van der Waals surface area contributed by atoms with Crippen molar-refractivity contribution in [3.05, 3.63) is 17.3 Å². The number of hydrogen-bond donors (Lipinski definition) is 1. The van der Waals surface area contributed by atoms with Crippen LogP contribution in [0.1, 0.15) is 36.1 Å². The summed E-state index contributed by atoms with van der Waals surface area (Å²) in [6, 6.07) is 0. The van der Waals surface area contributed by atoms with Gasteiger partial charge in [0, 0.05) is 18.1 Å². The molecule has 1 atom stereocenters. The minimum Gasteiger partial charge on any atom is -0.481 e. The van der Waals surface area contributed by atoms with Gasteiger partial charge in [-0.25, -0.2) is 4.98 Å². The van der Waals surface area contributed by atoms with E-state index in [9.17, 15) is 4.79 Å². The Morgan fingerprint density at radius 3 is 3.12 bits per heavy atom. The van der Waals surface area contributed by atoms with E-state index in [-0.39, 0.29) is 6.42 Å². The Morgan fingerprint density at radius 1 is 1.69 bits per heavy atom. The van der Waals surface area contributed by atoms with Crippen LogP contribution in [0.15, 0.2) is 4.42 Å². The quantitative estimate of drug-likeness (QED) is 0.875. The van der Waals surface area contributed by atoms with Crippen LogP contribution in [0.4, 0.5) is 0 Å². The third kappa shape index (κ3) is 2.58. The zero-order valence-corrected chi connectivity index (χ0v) is 10.0. The molecule has 2 heterocycles. The van der Waals surface area contributed by atoms with Crippen LogP contribution in [0, 0.1) is 6.92 Å². The second-order valence-electron chi connectivity index (χ2n) is 4.01. The number of rotatable bonds is 4. The molecule has 4 nitrogen and oxygen atoms in total. The summed E-state index contributed by atoms with van der Waals surface area (Å²) in [5.74, 6) is 3.38. The Morgan fingerprint density at radius 2 is 2.50 bits per heavy atom. The first kappa shape index (κ1) is 11.5. The Bertz CT molecular complexity index is 383. The summed E-state index contributed by atoms with van der Waals surface area (Å²) in [5.41, 5.74) is 0.841. The fraction of sp³-hybridized carbons (Fsp3) is 0.636. The standard InChI is InChI=1S/C11H15NO3S/c1-7-9(2-3-10(13)14)15-11(12-7)8-4-5-16-6-8/h8H,2-6H2,1H3,(H,13,14). The van der Waals surface area contributed by atoms with E-state index in [0.717, 1.165) is 35.3 Å². The van der Waals surface area contributed by atoms with Gasteiger partial charge in [-0.05, 0) is 19.1 Å². The second kappa shape index (κ2) is 4.91. The van der Waals surface area contributed by atoms with Crippen LogP contribution in [0.2, 0.25) is 0 Å². The van der Waals surface area contributed by atoms with E-state index in [1.54, 1.807) is 0 Å². The smallest absolute Gasteiger partial charge is 0.303 e. The van der Waals surface area contributed by atoms with Gasteiger partial charge in [-0.3, -0.25) is 4.79 Å². The van der Waals surface area contributed by atoms with Crippen LogP contribution in [0.25, 0.3) is 0 Å². The topological polar surface area (TPSA) is 63.3 Å². The maximum atomic E-state index is 10.5. The summed E-state index contributed by atoms with van der Waals surface area (Å²) in [6.07, 6.45) is 1.66. The molecule has 2 rings (SSSR count). The first-order chi connectivity index (χ1) is 7.66. The molecule has 1 aromatic heterocycles. The van der Waals surface area contributed by atoms with Gasteiger partial charge in [0.1, 0.15) is 5.76 Å². The summed E-state index contributed by atoms with van der Waals surface area (Å²) >= 11 is 1.92. The number of oxazole rings is 1. The van der Waals surface area contributed by atoms with E-state index >= 15 is 0 Å².